The molecule has 29 heavy (non-hydrogen) atoms. The average molecular weight is 413 g/mol. The number of nitrogens with two attached hydrogens (primary N) is 1. The van der Waals surface area contributed by atoms with Crippen molar-refractivity contribution < 1.29 is 29.2 Å². The predicted molar refractivity (Wildman–Crippen MR) is 105 cm³/mol. The largest absolute Gasteiger partial charge is 0.467 e. The lowest BCUT2D eigenvalue weighted by Crippen LogP contribution is -2.86. The number of nitrogens with one attached hydrogen (secondary N) is 2. The first-order chi connectivity index (χ1) is 13.7. The Morgan fingerprint density at radius 2 is 1.69 bits per heavy atom. The number of quaternary nitrogens is 1. The van der Waals surface area contributed by atoms with Crippen molar-refractivity contribution in [2.75, 3.05) is 39.8 Å². The van der Waals surface area contributed by atoms with Crippen molar-refractivity contribution >= 4 is 23.8 Å². The van der Waals surface area contributed by atoms with Crippen LogP contribution in [0.1, 0.15) is 33.6 Å². The van der Waals surface area contributed by atoms with E-state index >= 15 is 0 Å². The van der Waals surface area contributed by atoms with Crippen molar-refractivity contribution in [1.29, 1.82) is 0 Å². The van der Waals surface area contributed by atoms with Crippen molar-refractivity contribution in [2.24, 2.45) is 5.92 Å². The molecule has 0 aromatic carbocycles. The van der Waals surface area contributed by atoms with Gasteiger partial charge >= 0.3 is 12.0 Å². The summed E-state index contributed by atoms with van der Waals surface area (Å²) in [5, 5.41) is 7.60. The molecule has 0 radical (unpaired) electrons. The van der Waals surface area contributed by atoms with Crippen LogP contribution in [0, 0.1) is 5.92 Å². The topological polar surface area (TPSA) is 125 Å². The Hall–Kier alpha value is -2.36. The number of hydrogen-bond donors (Lipinski definition) is 3. The zero-order valence-corrected chi connectivity index (χ0v) is 17.8. The smallest absolute Gasteiger partial charge is 0.328 e. The summed E-state index contributed by atoms with van der Waals surface area (Å²) in [5.74, 6) is -1.04. The van der Waals surface area contributed by atoms with E-state index < -0.39 is 24.0 Å². The van der Waals surface area contributed by atoms with Gasteiger partial charge in [-0.05, 0) is 20.8 Å². The van der Waals surface area contributed by atoms with Gasteiger partial charge in [0, 0.05) is 37.9 Å². The third-order valence-corrected chi connectivity index (χ3v) is 5.37. The third kappa shape index (κ3) is 6.06. The molecular weight excluding hydrogens is 378 g/mol. The summed E-state index contributed by atoms with van der Waals surface area (Å²) in [7, 11) is 1.25. The number of nitrogens with zero attached hydrogens (tertiary/aromatic N) is 2. The van der Waals surface area contributed by atoms with Gasteiger partial charge in [0.15, 0.2) is 0 Å². The number of piperidine rings is 1. The van der Waals surface area contributed by atoms with E-state index in [1.165, 1.54) is 18.9 Å². The Labute approximate surface area is 171 Å². The Morgan fingerprint density at radius 1 is 1.03 bits per heavy atom. The molecular formula is C19H34N5O5+. The molecule has 4 amide bonds. The fourth-order valence-electron chi connectivity index (χ4n) is 3.76. The maximum atomic E-state index is 12.9. The van der Waals surface area contributed by atoms with Crippen LogP contribution in [0.4, 0.5) is 4.79 Å². The van der Waals surface area contributed by atoms with E-state index in [4.69, 9.17) is 0 Å². The van der Waals surface area contributed by atoms with Gasteiger partial charge in [0.1, 0.15) is 12.1 Å². The molecule has 2 atom stereocenters. The first-order valence-electron chi connectivity index (χ1n) is 10.3. The number of esters is 1. The van der Waals surface area contributed by atoms with E-state index in [1.807, 2.05) is 13.8 Å². The highest BCUT2D eigenvalue weighted by atomic mass is 16.5. The highest BCUT2D eigenvalue weighted by molar-refractivity contribution is 5.91. The quantitative estimate of drug-likeness (QED) is 0.463. The molecule has 10 heteroatoms. The van der Waals surface area contributed by atoms with Crippen molar-refractivity contribution in [3.8, 4) is 0 Å². The minimum Gasteiger partial charge on any atom is -0.467 e. The van der Waals surface area contributed by atoms with Crippen LogP contribution in [0.25, 0.3) is 0 Å². The molecule has 2 fully saturated rings. The zero-order valence-electron chi connectivity index (χ0n) is 17.8. The van der Waals surface area contributed by atoms with Crippen molar-refractivity contribution in [3.05, 3.63) is 0 Å². The molecule has 0 saturated carbocycles. The fourth-order valence-corrected chi connectivity index (χ4v) is 3.76. The molecule has 0 unspecified atom stereocenters. The molecule has 2 saturated heterocycles. The number of carbonyl (C=O) groups is 4. The van der Waals surface area contributed by atoms with Crippen LogP contribution in [0.15, 0.2) is 0 Å². The Morgan fingerprint density at radius 3 is 2.28 bits per heavy atom. The number of hydrogen-bond acceptors (Lipinski definition) is 5. The van der Waals surface area contributed by atoms with Gasteiger partial charge in [0.05, 0.1) is 26.7 Å². The van der Waals surface area contributed by atoms with Crippen LogP contribution < -0.4 is 16.0 Å². The summed E-state index contributed by atoms with van der Waals surface area (Å²) in [5.41, 5.74) is 0. The van der Waals surface area contributed by atoms with E-state index in [9.17, 15) is 19.2 Å². The van der Waals surface area contributed by atoms with Gasteiger partial charge in [0.25, 0.3) is 0 Å². The summed E-state index contributed by atoms with van der Waals surface area (Å²) in [6, 6.07) is -2.15. The highest BCUT2D eigenvalue weighted by Crippen LogP contribution is 2.18. The van der Waals surface area contributed by atoms with Crippen LogP contribution in [0.3, 0.4) is 0 Å². The molecule has 2 aliphatic rings. The van der Waals surface area contributed by atoms with Gasteiger partial charge in [-0.1, -0.05) is 0 Å². The second kappa shape index (κ2) is 10.4. The van der Waals surface area contributed by atoms with E-state index in [2.05, 4.69) is 20.7 Å². The van der Waals surface area contributed by atoms with Gasteiger partial charge in [-0.2, -0.15) is 0 Å². The molecule has 0 spiro atoms. The Balaban J connectivity index is 2.13. The van der Waals surface area contributed by atoms with Gasteiger partial charge in [0.2, 0.25) is 11.8 Å². The number of piperazine rings is 1. The monoisotopic (exact) mass is 412 g/mol. The van der Waals surface area contributed by atoms with Crippen LogP contribution in [0.2, 0.25) is 0 Å². The second-order valence-electron chi connectivity index (χ2n) is 7.99. The zero-order chi connectivity index (χ0) is 21.6. The number of ether oxygens (including phenoxy) is 1. The van der Waals surface area contributed by atoms with E-state index in [0.717, 1.165) is 25.9 Å². The van der Waals surface area contributed by atoms with E-state index in [0.29, 0.717) is 6.54 Å². The van der Waals surface area contributed by atoms with Crippen molar-refractivity contribution in [3.63, 3.8) is 0 Å². The molecule has 4 N–H and O–H groups in total. The number of urea groups is 1. The highest BCUT2D eigenvalue weighted by Gasteiger charge is 2.39. The Bertz CT molecular complexity index is 620. The lowest BCUT2D eigenvalue weighted by Gasteiger charge is -2.42. The minimum absolute atomic E-state index is 0.0336. The summed E-state index contributed by atoms with van der Waals surface area (Å²) >= 11 is 0. The van der Waals surface area contributed by atoms with Gasteiger partial charge in [-0.15, -0.1) is 0 Å². The SMILES string of the molecule is COC(=O)[C@@H](C)NC(=O)[C@@H]1CN(C(=O)C2CC[NH2+]CC2)CCN1C(=O)NC(C)C. The molecule has 0 aromatic heterocycles. The number of methoxy groups -OCH3 is 1. The normalized spacial score (nSPS) is 21.5. The lowest BCUT2D eigenvalue weighted by molar-refractivity contribution is -0.664. The maximum absolute atomic E-state index is 12.9. The summed E-state index contributed by atoms with van der Waals surface area (Å²) in [6.45, 7) is 7.81. The lowest BCUT2D eigenvalue weighted by atomic mass is 9.95. The summed E-state index contributed by atoms with van der Waals surface area (Å²) in [6.07, 6.45) is 1.65. The minimum atomic E-state index is -0.867. The molecule has 2 aliphatic heterocycles. The fraction of sp³-hybridized carbons (Fsp3) is 0.789. The van der Waals surface area contributed by atoms with Gasteiger partial charge in [-0.25, -0.2) is 9.59 Å². The Kier molecular flexibility index (Phi) is 8.24. The van der Waals surface area contributed by atoms with Crippen LogP contribution >= 0.6 is 0 Å². The third-order valence-electron chi connectivity index (χ3n) is 5.37. The number of amides is 4. The van der Waals surface area contributed by atoms with Gasteiger partial charge < -0.3 is 30.5 Å². The maximum Gasteiger partial charge on any atom is 0.328 e. The molecule has 2 rings (SSSR count). The van der Waals surface area contributed by atoms with Gasteiger partial charge in [-0.3, -0.25) is 9.59 Å². The van der Waals surface area contributed by atoms with Crippen LogP contribution in [0.5, 0.6) is 0 Å². The summed E-state index contributed by atoms with van der Waals surface area (Å²) in [4.78, 5) is 53.2. The number of rotatable bonds is 5. The van der Waals surface area contributed by atoms with Crippen LogP contribution in [-0.2, 0) is 19.1 Å². The second-order valence-corrected chi connectivity index (χ2v) is 7.99. The van der Waals surface area contributed by atoms with E-state index in [-0.39, 0.29) is 37.0 Å². The average Bonchev–Trinajstić information content (AvgIpc) is 2.72. The molecule has 164 valence electrons. The molecule has 2 heterocycles. The first kappa shape index (κ1) is 22.9. The first-order valence-corrected chi connectivity index (χ1v) is 10.3. The molecule has 0 bridgehead atoms. The van der Waals surface area contributed by atoms with E-state index in [1.54, 1.807) is 4.90 Å². The molecule has 0 aromatic rings. The van der Waals surface area contributed by atoms with Crippen LogP contribution in [-0.4, -0.2) is 91.6 Å². The van der Waals surface area contributed by atoms with Crippen molar-refractivity contribution in [2.45, 2.75) is 51.7 Å². The predicted octanol–water partition coefficient (Wildman–Crippen LogP) is -1.73. The standard InChI is InChI=1S/C19H33N5O5/c1-12(2)21-19(28)24-10-9-23(17(26)14-5-7-20-8-6-14)11-15(24)16(25)22-13(3)18(27)29-4/h12-15,20H,5-11H2,1-4H3,(H,21,28)(H,22,25)/p+1/t13-,15+/m1/s1. The molecule has 0 aliphatic carbocycles. The summed E-state index contributed by atoms with van der Waals surface area (Å²) < 4.78 is 4.65. The number of carbonyl (C=O) groups excluding carboxylic acids is 4. The van der Waals surface area contributed by atoms with Crippen molar-refractivity contribution in [1.82, 2.24) is 20.4 Å². The molecule has 10 nitrogen and oxygen atoms in total.